The molecule has 1 rings (SSSR count). The predicted molar refractivity (Wildman–Crippen MR) is 80.1 cm³/mol. The molecule has 0 spiro atoms. The van der Waals surface area contributed by atoms with Crippen molar-refractivity contribution >= 4 is 44.4 Å². The van der Waals surface area contributed by atoms with Crippen LogP contribution in [0.15, 0.2) is 22.7 Å². The minimum atomic E-state index is 0.00587. The summed E-state index contributed by atoms with van der Waals surface area (Å²) in [5.74, 6) is 0.00587. The highest BCUT2D eigenvalue weighted by Crippen LogP contribution is 2.21. The van der Waals surface area contributed by atoms with Crippen LogP contribution < -0.4 is 0 Å². The number of halogens is 2. The van der Waals surface area contributed by atoms with E-state index in [1.54, 1.807) is 4.90 Å². The Kier molecular flexibility index (Phi) is 6.43. The quantitative estimate of drug-likeness (QED) is 0.757. The maximum atomic E-state index is 12.3. The van der Waals surface area contributed by atoms with Crippen molar-refractivity contribution < 1.29 is 9.90 Å². The van der Waals surface area contributed by atoms with Gasteiger partial charge in [0.2, 0.25) is 0 Å². The molecule has 17 heavy (non-hydrogen) atoms. The van der Waals surface area contributed by atoms with E-state index in [4.69, 9.17) is 5.11 Å². The fourth-order valence-electron chi connectivity index (χ4n) is 1.50. The molecule has 0 bridgehead atoms. The van der Waals surface area contributed by atoms with E-state index in [9.17, 15) is 4.79 Å². The molecule has 1 aromatic carbocycles. The number of nitrogens with zero attached hydrogens (tertiary/aromatic N) is 1. The molecule has 0 atom stereocenters. The number of benzene rings is 1. The average Bonchev–Trinajstić information content (AvgIpc) is 2.33. The largest absolute Gasteiger partial charge is 0.396 e. The van der Waals surface area contributed by atoms with Crippen molar-refractivity contribution in [2.75, 3.05) is 19.7 Å². The molecule has 0 aliphatic heterocycles. The van der Waals surface area contributed by atoms with Gasteiger partial charge in [-0.25, -0.2) is 0 Å². The first-order valence-corrected chi connectivity index (χ1v) is 7.32. The zero-order valence-electron chi connectivity index (χ0n) is 9.62. The van der Waals surface area contributed by atoms with Crippen molar-refractivity contribution in [3.05, 3.63) is 31.8 Å². The van der Waals surface area contributed by atoms with E-state index in [1.165, 1.54) is 0 Å². The summed E-state index contributed by atoms with van der Waals surface area (Å²) in [5, 5.41) is 8.81. The topological polar surface area (TPSA) is 40.5 Å². The number of hydrogen-bond acceptors (Lipinski definition) is 2. The van der Waals surface area contributed by atoms with Crippen LogP contribution in [0.1, 0.15) is 23.7 Å². The van der Waals surface area contributed by atoms with Gasteiger partial charge in [-0.15, -0.1) is 0 Å². The Morgan fingerprint density at radius 2 is 2.24 bits per heavy atom. The molecule has 0 heterocycles. The lowest BCUT2D eigenvalue weighted by molar-refractivity contribution is 0.0753. The highest BCUT2D eigenvalue weighted by molar-refractivity contribution is 14.1. The second-order valence-corrected chi connectivity index (χ2v) is 5.69. The van der Waals surface area contributed by atoms with Crippen LogP contribution in [0.2, 0.25) is 0 Å². The van der Waals surface area contributed by atoms with Gasteiger partial charge < -0.3 is 10.0 Å². The van der Waals surface area contributed by atoms with Crippen LogP contribution in [0.3, 0.4) is 0 Å². The van der Waals surface area contributed by atoms with Crippen molar-refractivity contribution in [3.63, 3.8) is 0 Å². The van der Waals surface area contributed by atoms with Gasteiger partial charge >= 0.3 is 0 Å². The van der Waals surface area contributed by atoms with Crippen LogP contribution in [0.4, 0.5) is 0 Å². The highest BCUT2D eigenvalue weighted by atomic mass is 127. The number of rotatable bonds is 5. The van der Waals surface area contributed by atoms with Crippen molar-refractivity contribution in [3.8, 4) is 0 Å². The highest BCUT2D eigenvalue weighted by Gasteiger charge is 2.16. The average molecular weight is 412 g/mol. The molecule has 1 aromatic rings. The Morgan fingerprint density at radius 1 is 1.53 bits per heavy atom. The van der Waals surface area contributed by atoms with Crippen molar-refractivity contribution in [1.29, 1.82) is 0 Å². The summed E-state index contributed by atoms with van der Waals surface area (Å²) >= 11 is 5.58. The Bertz CT molecular complexity index is 398. The first kappa shape index (κ1) is 14.9. The summed E-state index contributed by atoms with van der Waals surface area (Å²) in [6, 6.07) is 5.70. The third-order valence-corrected chi connectivity index (χ3v) is 3.78. The van der Waals surface area contributed by atoms with Crippen LogP contribution in [-0.4, -0.2) is 35.6 Å². The minimum absolute atomic E-state index is 0.00587. The van der Waals surface area contributed by atoms with E-state index < -0.39 is 0 Å². The zero-order valence-corrected chi connectivity index (χ0v) is 13.4. The Hall–Kier alpha value is -0.140. The molecular weight excluding hydrogens is 397 g/mol. The first-order chi connectivity index (χ1) is 8.10. The molecule has 0 aliphatic rings. The Balaban J connectivity index is 2.89. The lowest BCUT2D eigenvalue weighted by Gasteiger charge is -2.21. The van der Waals surface area contributed by atoms with Gasteiger partial charge in [0.1, 0.15) is 0 Å². The van der Waals surface area contributed by atoms with Gasteiger partial charge in [0.25, 0.3) is 5.91 Å². The monoisotopic (exact) mass is 411 g/mol. The smallest absolute Gasteiger partial charge is 0.255 e. The molecule has 94 valence electrons. The van der Waals surface area contributed by atoms with E-state index in [2.05, 4.69) is 38.5 Å². The maximum Gasteiger partial charge on any atom is 0.255 e. The third-order valence-electron chi connectivity index (χ3n) is 2.41. The molecule has 3 nitrogen and oxygen atoms in total. The van der Waals surface area contributed by atoms with Crippen molar-refractivity contribution in [2.24, 2.45) is 0 Å². The van der Waals surface area contributed by atoms with E-state index in [0.717, 1.165) is 8.04 Å². The fourth-order valence-corrected chi connectivity index (χ4v) is 2.40. The SMILES string of the molecule is CCN(CCCO)C(=O)c1cc(I)ccc1Br. The molecular formula is C12H15BrINO2. The minimum Gasteiger partial charge on any atom is -0.396 e. The van der Waals surface area contributed by atoms with Gasteiger partial charge in [-0.1, -0.05) is 0 Å². The van der Waals surface area contributed by atoms with Crippen molar-refractivity contribution in [1.82, 2.24) is 4.90 Å². The lowest BCUT2D eigenvalue weighted by Crippen LogP contribution is -2.32. The number of aliphatic hydroxyl groups excluding tert-OH is 1. The van der Waals surface area contributed by atoms with Gasteiger partial charge in [-0.05, 0) is 70.1 Å². The van der Waals surface area contributed by atoms with Crippen LogP contribution in [0, 0.1) is 3.57 Å². The van der Waals surface area contributed by atoms with Gasteiger partial charge in [0.05, 0.1) is 5.56 Å². The van der Waals surface area contributed by atoms with Crippen LogP contribution in [0.5, 0.6) is 0 Å². The van der Waals surface area contributed by atoms with Gasteiger partial charge in [0.15, 0.2) is 0 Å². The number of carbonyl (C=O) groups is 1. The van der Waals surface area contributed by atoms with Crippen LogP contribution >= 0.6 is 38.5 Å². The normalized spacial score (nSPS) is 10.4. The molecule has 0 radical (unpaired) electrons. The van der Waals surface area contributed by atoms with E-state index in [-0.39, 0.29) is 12.5 Å². The van der Waals surface area contributed by atoms with E-state index >= 15 is 0 Å². The summed E-state index contributed by atoms with van der Waals surface area (Å²) in [5.41, 5.74) is 0.677. The molecule has 0 unspecified atom stereocenters. The summed E-state index contributed by atoms with van der Waals surface area (Å²) in [7, 11) is 0. The standard InChI is InChI=1S/C12H15BrINO2/c1-2-15(6-3-7-16)12(17)10-8-9(14)4-5-11(10)13/h4-5,8,16H,2-3,6-7H2,1H3. The molecule has 5 heteroatoms. The van der Waals surface area contributed by atoms with Gasteiger partial charge in [-0.2, -0.15) is 0 Å². The summed E-state index contributed by atoms with van der Waals surface area (Å²) in [4.78, 5) is 14.0. The molecule has 0 saturated carbocycles. The predicted octanol–water partition coefficient (Wildman–Crippen LogP) is 2.90. The second-order valence-electron chi connectivity index (χ2n) is 3.59. The Labute approximate surface area is 123 Å². The first-order valence-electron chi connectivity index (χ1n) is 5.45. The number of carbonyl (C=O) groups excluding carboxylic acids is 1. The van der Waals surface area contributed by atoms with Crippen molar-refractivity contribution in [2.45, 2.75) is 13.3 Å². The number of amides is 1. The van der Waals surface area contributed by atoms with E-state index in [0.29, 0.717) is 25.1 Å². The Morgan fingerprint density at radius 3 is 2.82 bits per heavy atom. The van der Waals surface area contributed by atoms with Gasteiger partial charge in [0, 0.05) is 27.7 Å². The third kappa shape index (κ3) is 4.22. The molecule has 0 fully saturated rings. The molecule has 1 N–H and O–H groups in total. The molecule has 1 amide bonds. The molecule has 0 aromatic heterocycles. The fraction of sp³-hybridized carbons (Fsp3) is 0.417. The summed E-state index contributed by atoms with van der Waals surface area (Å²) in [6.45, 7) is 3.29. The van der Waals surface area contributed by atoms with Crippen LogP contribution in [-0.2, 0) is 0 Å². The van der Waals surface area contributed by atoms with Gasteiger partial charge in [-0.3, -0.25) is 4.79 Å². The number of aliphatic hydroxyl groups is 1. The van der Waals surface area contributed by atoms with E-state index in [1.807, 2.05) is 25.1 Å². The second kappa shape index (κ2) is 7.33. The number of hydrogen-bond donors (Lipinski definition) is 1. The summed E-state index contributed by atoms with van der Waals surface area (Å²) in [6.07, 6.45) is 0.612. The zero-order chi connectivity index (χ0) is 12.8. The lowest BCUT2D eigenvalue weighted by atomic mass is 10.2. The summed E-state index contributed by atoms with van der Waals surface area (Å²) < 4.78 is 1.85. The molecule has 0 aliphatic carbocycles. The maximum absolute atomic E-state index is 12.3. The molecule has 0 saturated heterocycles. The van der Waals surface area contributed by atoms with Crippen LogP contribution in [0.25, 0.3) is 0 Å².